The number of alkyl halides is 2. The van der Waals surface area contributed by atoms with Crippen LogP contribution in [0.3, 0.4) is 0 Å². The molecule has 1 aliphatic carbocycles. The van der Waals surface area contributed by atoms with Crippen molar-refractivity contribution in [2.24, 2.45) is 5.92 Å². The summed E-state index contributed by atoms with van der Waals surface area (Å²) < 4.78 is 31.0. The minimum absolute atomic E-state index is 0.0317. The Hall–Kier alpha value is -3.30. The predicted molar refractivity (Wildman–Crippen MR) is 92.4 cm³/mol. The average Bonchev–Trinajstić information content (AvgIpc) is 3.16. The number of amides is 1. The lowest BCUT2D eigenvalue weighted by molar-refractivity contribution is 0.102. The Morgan fingerprint density at radius 2 is 2.26 bits per heavy atom. The van der Waals surface area contributed by atoms with Gasteiger partial charge in [0, 0.05) is 18.3 Å². The quantitative estimate of drug-likeness (QED) is 0.584. The van der Waals surface area contributed by atoms with Crippen LogP contribution in [0.15, 0.2) is 35.2 Å². The zero-order valence-electron chi connectivity index (χ0n) is 14.1. The molecular formula is C17H16F2N6O2. The number of aromatic amines is 1. The number of rotatable bonds is 7. The second kappa shape index (κ2) is 7.14. The van der Waals surface area contributed by atoms with Crippen LogP contribution in [-0.2, 0) is 0 Å². The number of H-pyrrole nitrogens is 1. The standard InChI is InChI=1S/C17H16F2N6O2/c18-15(19)14-11(7-22-25-14)23-16(26)12-8-27-17(24-12)10-3-4-20-13(5-10)21-6-9-1-2-9/h3-5,7-9,15H,1-2,6H2,(H,20,21)(H,22,25)(H,23,26). The zero-order chi connectivity index (χ0) is 18.8. The van der Waals surface area contributed by atoms with Gasteiger partial charge in [0.1, 0.15) is 17.8 Å². The number of pyridine rings is 1. The lowest BCUT2D eigenvalue weighted by atomic mass is 10.2. The number of nitrogens with zero attached hydrogens (tertiary/aromatic N) is 3. The Kier molecular flexibility index (Phi) is 4.53. The van der Waals surface area contributed by atoms with Crippen molar-refractivity contribution in [2.75, 3.05) is 17.2 Å². The number of aromatic nitrogens is 4. The summed E-state index contributed by atoms with van der Waals surface area (Å²) in [5, 5.41) is 11.3. The second-order valence-electron chi connectivity index (χ2n) is 6.24. The summed E-state index contributed by atoms with van der Waals surface area (Å²) in [5.74, 6) is 0.963. The van der Waals surface area contributed by atoms with Crippen molar-refractivity contribution in [1.82, 2.24) is 20.2 Å². The van der Waals surface area contributed by atoms with Gasteiger partial charge in [-0.3, -0.25) is 9.89 Å². The maximum absolute atomic E-state index is 12.8. The van der Waals surface area contributed by atoms with E-state index in [0.717, 1.165) is 12.7 Å². The maximum Gasteiger partial charge on any atom is 0.281 e. The minimum atomic E-state index is -2.78. The molecule has 1 saturated carbocycles. The van der Waals surface area contributed by atoms with E-state index < -0.39 is 18.0 Å². The molecule has 0 spiro atoms. The number of nitrogens with one attached hydrogen (secondary N) is 3. The molecule has 0 unspecified atom stereocenters. The molecule has 0 bridgehead atoms. The molecule has 140 valence electrons. The molecule has 0 aliphatic heterocycles. The van der Waals surface area contributed by atoms with E-state index in [1.807, 2.05) is 0 Å². The topological polar surface area (TPSA) is 109 Å². The van der Waals surface area contributed by atoms with Crippen LogP contribution in [0.2, 0.25) is 0 Å². The van der Waals surface area contributed by atoms with Crippen LogP contribution in [0, 0.1) is 5.92 Å². The molecule has 0 radical (unpaired) electrons. The third-order valence-corrected chi connectivity index (χ3v) is 4.15. The van der Waals surface area contributed by atoms with Crippen LogP contribution in [0.25, 0.3) is 11.5 Å². The van der Waals surface area contributed by atoms with Gasteiger partial charge in [-0.15, -0.1) is 0 Å². The molecule has 3 aromatic heterocycles. The Balaban J connectivity index is 1.47. The van der Waals surface area contributed by atoms with Gasteiger partial charge in [-0.25, -0.2) is 18.7 Å². The molecule has 0 aromatic carbocycles. The zero-order valence-corrected chi connectivity index (χ0v) is 14.1. The van der Waals surface area contributed by atoms with E-state index in [-0.39, 0.29) is 17.3 Å². The Bertz CT molecular complexity index is 950. The maximum atomic E-state index is 12.8. The van der Waals surface area contributed by atoms with E-state index in [1.165, 1.54) is 19.1 Å². The van der Waals surface area contributed by atoms with Crippen LogP contribution in [0.1, 0.15) is 35.4 Å². The fourth-order valence-corrected chi connectivity index (χ4v) is 2.49. The number of hydrogen-bond acceptors (Lipinski definition) is 6. The first-order valence-corrected chi connectivity index (χ1v) is 8.38. The normalized spacial score (nSPS) is 13.7. The largest absolute Gasteiger partial charge is 0.444 e. The number of oxazole rings is 1. The van der Waals surface area contributed by atoms with Crippen LogP contribution >= 0.6 is 0 Å². The van der Waals surface area contributed by atoms with Gasteiger partial charge in [0.15, 0.2) is 5.69 Å². The van der Waals surface area contributed by atoms with Crippen molar-refractivity contribution >= 4 is 17.4 Å². The highest BCUT2D eigenvalue weighted by atomic mass is 19.3. The van der Waals surface area contributed by atoms with Crippen molar-refractivity contribution in [1.29, 1.82) is 0 Å². The van der Waals surface area contributed by atoms with Gasteiger partial charge in [0.05, 0.1) is 11.9 Å². The SMILES string of the molecule is O=C(Nc1cn[nH]c1C(F)F)c1coc(-c2ccnc(NCC3CC3)c2)n1. The molecular weight excluding hydrogens is 358 g/mol. The van der Waals surface area contributed by atoms with Crippen molar-refractivity contribution in [3.05, 3.63) is 42.2 Å². The van der Waals surface area contributed by atoms with Gasteiger partial charge >= 0.3 is 0 Å². The van der Waals surface area contributed by atoms with Crippen LogP contribution in [-0.4, -0.2) is 32.6 Å². The van der Waals surface area contributed by atoms with E-state index in [9.17, 15) is 13.6 Å². The molecule has 8 nitrogen and oxygen atoms in total. The number of hydrogen-bond donors (Lipinski definition) is 3. The summed E-state index contributed by atoms with van der Waals surface area (Å²) in [6.45, 7) is 0.868. The molecule has 27 heavy (non-hydrogen) atoms. The van der Waals surface area contributed by atoms with E-state index in [4.69, 9.17) is 4.42 Å². The summed E-state index contributed by atoms with van der Waals surface area (Å²) in [4.78, 5) is 20.6. The molecule has 1 amide bonds. The van der Waals surface area contributed by atoms with Crippen LogP contribution in [0.4, 0.5) is 20.3 Å². The van der Waals surface area contributed by atoms with Crippen molar-refractivity contribution in [3.8, 4) is 11.5 Å². The lowest BCUT2D eigenvalue weighted by Gasteiger charge is -2.04. The summed E-state index contributed by atoms with van der Waals surface area (Å²) in [6, 6.07) is 3.49. The summed E-state index contributed by atoms with van der Waals surface area (Å²) in [6.07, 6.45) is 3.58. The van der Waals surface area contributed by atoms with Gasteiger partial charge in [-0.1, -0.05) is 0 Å². The van der Waals surface area contributed by atoms with Crippen molar-refractivity contribution in [2.45, 2.75) is 19.3 Å². The number of carbonyl (C=O) groups is 1. The summed E-state index contributed by atoms with van der Waals surface area (Å²) >= 11 is 0. The lowest BCUT2D eigenvalue weighted by Crippen LogP contribution is -2.13. The first kappa shape index (κ1) is 17.1. The molecule has 1 fully saturated rings. The molecule has 4 rings (SSSR count). The average molecular weight is 374 g/mol. The number of halogens is 2. The Morgan fingerprint density at radius 1 is 1.41 bits per heavy atom. The Labute approximate surface area is 152 Å². The van der Waals surface area contributed by atoms with Gasteiger partial charge in [0.2, 0.25) is 5.89 Å². The molecule has 10 heteroatoms. The molecule has 0 saturated heterocycles. The van der Waals surface area contributed by atoms with E-state index in [0.29, 0.717) is 17.3 Å². The molecule has 0 atom stereocenters. The van der Waals surface area contributed by atoms with Crippen molar-refractivity contribution < 1.29 is 18.0 Å². The van der Waals surface area contributed by atoms with Gasteiger partial charge in [0.25, 0.3) is 12.3 Å². The van der Waals surface area contributed by atoms with Gasteiger partial charge < -0.3 is 15.1 Å². The third-order valence-electron chi connectivity index (χ3n) is 4.15. The van der Waals surface area contributed by atoms with Crippen LogP contribution in [0.5, 0.6) is 0 Å². The number of carbonyl (C=O) groups excluding carboxylic acids is 1. The van der Waals surface area contributed by atoms with E-state index >= 15 is 0 Å². The summed E-state index contributed by atoms with van der Waals surface area (Å²) in [5.41, 5.74) is 0.0530. The minimum Gasteiger partial charge on any atom is -0.444 e. The number of anilines is 2. The molecule has 1 aliphatic rings. The molecule has 3 N–H and O–H groups in total. The first-order chi connectivity index (χ1) is 13.1. The van der Waals surface area contributed by atoms with Crippen LogP contribution < -0.4 is 10.6 Å². The highest BCUT2D eigenvalue weighted by Crippen LogP contribution is 2.29. The van der Waals surface area contributed by atoms with E-state index in [2.05, 4.69) is 30.8 Å². The highest BCUT2D eigenvalue weighted by molar-refractivity contribution is 6.03. The Morgan fingerprint density at radius 3 is 3.04 bits per heavy atom. The monoisotopic (exact) mass is 374 g/mol. The fourth-order valence-electron chi connectivity index (χ4n) is 2.49. The second-order valence-corrected chi connectivity index (χ2v) is 6.24. The first-order valence-electron chi connectivity index (χ1n) is 8.38. The molecule has 3 heterocycles. The van der Waals surface area contributed by atoms with E-state index in [1.54, 1.807) is 18.3 Å². The fraction of sp³-hybridized carbons (Fsp3) is 0.294. The highest BCUT2D eigenvalue weighted by Gasteiger charge is 2.21. The van der Waals surface area contributed by atoms with Crippen molar-refractivity contribution in [3.63, 3.8) is 0 Å². The van der Waals surface area contributed by atoms with Gasteiger partial charge in [-0.05, 0) is 30.9 Å². The summed E-state index contributed by atoms with van der Waals surface area (Å²) in [7, 11) is 0. The van der Waals surface area contributed by atoms with Gasteiger partial charge in [-0.2, -0.15) is 5.10 Å². The smallest absolute Gasteiger partial charge is 0.281 e. The predicted octanol–water partition coefficient (Wildman–Crippen LogP) is 3.47. The molecule has 3 aromatic rings. The third kappa shape index (κ3) is 3.94.